The summed E-state index contributed by atoms with van der Waals surface area (Å²) in [7, 11) is 0. The van der Waals surface area contributed by atoms with Gasteiger partial charge in [-0.2, -0.15) is 13.2 Å². The van der Waals surface area contributed by atoms with Gasteiger partial charge in [0.05, 0.1) is 22.7 Å². The van der Waals surface area contributed by atoms with Crippen LogP contribution in [0.4, 0.5) is 24.5 Å². The van der Waals surface area contributed by atoms with Crippen molar-refractivity contribution in [1.82, 2.24) is 0 Å². The molecule has 11 heteroatoms. The van der Waals surface area contributed by atoms with Gasteiger partial charge in [-0.25, -0.2) is 0 Å². The Morgan fingerprint density at radius 3 is 2.39 bits per heavy atom. The normalized spacial score (nSPS) is 11.0. The van der Waals surface area contributed by atoms with Gasteiger partial charge in [-0.05, 0) is 48.9 Å². The third-order valence-corrected chi connectivity index (χ3v) is 5.15. The number of esters is 1. The molecule has 0 aliphatic carbocycles. The van der Waals surface area contributed by atoms with Crippen LogP contribution >= 0.6 is 27.5 Å². The van der Waals surface area contributed by atoms with Crippen molar-refractivity contribution in [3.8, 4) is 0 Å². The number of carbonyl (C=O) groups is 3. The average Bonchev–Trinajstić information content (AvgIpc) is 2.68. The molecule has 2 amide bonds. The predicted molar refractivity (Wildman–Crippen MR) is 113 cm³/mol. The van der Waals surface area contributed by atoms with E-state index in [0.29, 0.717) is 11.8 Å². The lowest BCUT2D eigenvalue weighted by Crippen LogP contribution is -2.22. The molecule has 0 unspecified atom stereocenters. The van der Waals surface area contributed by atoms with E-state index in [1.54, 1.807) is 18.2 Å². The van der Waals surface area contributed by atoms with E-state index in [2.05, 4.69) is 26.6 Å². The first-order valence-electron chi connectivity index (χ1n) is 8.84. The van der Waals surface area contributed by atoms with Gasteiger partial charge in [0.2, 0.25) is 5.91 Å². The first-order valence-corrected chi connectivity index (χ1v) is 10.0. The number of aryl methyl sites for hydroxylation is 1. The Morgan fingerprint density at radius 2 is 1.74 bits per heavy atom. The molecule has 0 aliphatic heterocycles. The number of alkyl halides is 3. The summed E-state index contributed by atoms with van der Waals surface area (Å²) in [4.78, 5) is 35.5. The summed E-state index contributed by atoms with van der Waals surface area (Å²) in [5.74, 6) is -2.10. The maximum atomic E-state index is 12.8. The maximum absolute atomic E-state index is 12.8. The lowest BCUT2D eigenvalue weighted by atomic mass is 10.2. The fourth-order valence-electron chi connectivity index (χ4n) is 2.36. The summed E-state index contributed by atoms with van der Waals surface area (Å²) in [6.07, 6.45) is -5.32. The molecule has 0 aromatic heterocycles. The van der Waals surface area contributed by atoms with E-state index in [0.717, 1.165) is 22.2 Å². The number of halogens is 5. The zero-order chi connectivity index (χ0) is 23.2. The smallest absolute Gasteiger partial charge is 0.416 e. The van der Waals surface area contributed by atoms with E-state index in [-0.39, 0.29) is 23.6 Å². The number of anilines is 2. The average molecular weight is 522 g/mol. The van der Waals surface area contributed by atoms with E-state index >= 15 is 0 Å². The number of nitrogens with one attached hydrogen (secondary N) is 2. The Balaban J connectivity index is 1.79. The van der Waals surface area contributed by atoms with Gasteiger partial charge in [-0.3, -0.25) is 14.4 Å². The summed E-state index contributed by atoms with van der Waals surface area (Å²) < 4.78 is 44.0. The molecule has 31 heavy (non-hydrogen) atoms. The third-order valence-electron chi connectivity index (χ3n) is 3.93. The van der Waals surface area contributed by atoms with Gasteiger partial charge >= 0.3 is 12.1 Å². The standard InChI is InChI=1S/C20H17BrClF3N2O4/c1-11-8-13(3-4-14(11)21)26-18(29)10-31-19(30)7-6-17(28)27-16-9-12(20(23,24)25)2-5-15(16)22/h2-5,8-9H,6-7,10H2,1H3,(H,26,29)(H,27,28). The number of benzene rings is 2. The number of amides is 2. The predicted octanol–water partition coefficient (Wildman–Crippen LogP) is 5.33. The first-order chi connectivity index (χ1) is 14.5. The van der Waals surface area contributed by atoms with Gasteiger partial charge in [0, 0.05) is 16.6 Å². The molecule has 0 atom stereocenters. The minimum absolute atomic E-state index is 0.0798. The highest BCUT2D eigenvalue weighted by atomic mass is 79.9. The highest BCUT2D eigenvalue weighted by molar-refractivity contribution is 9.10. The van der Waals surface area contributed by atoms with Crippen LogP contribution in [0, 0.1) is 6.92 Å². The van der Waals surface area contributed by atoms with Gasteiger partial charge in [-0.15, -0.1) is 0 Å². The minimum atomic E-state index is -4.59. The first kappa shape index (κ1) is 24.7. The van der Waals surface area contributed by atoms with Crippen LogP contribution in [-0.2, 0) is 25.3 Å². The van der Waals surface area contributed by atoms with Crippen LogP contribution in [0.15, 0.2) is 40.9 Å². The second-order valence-corrected chi connectivity index (χ2v) is 7.67. The fraction of sp³-hybridized carbons (Fsp3) is 0.250. The molecule has 0 heterocycles. The van der Waals surface area contributed by atoms with Crippen molar-refractivity contribution >= 4 is 56.7 Å². The molecule has 2 aromatic rings. The van der Waals surface area contributed by atoms with Crippen LogP contribution in [0.1, 0.15) is 24.0 Å². The Labute approximate surface area is 189 Å². The molecule has 0 radical (unpaired) electrons. The minimum Gasteiger partial charge on any atom is -0.456 e. The van der Waals surface area contributed by atoms with Crippen molar-refractivity contribution in [2.75, 3.05) is 17.2 Å². The zero-order valence-corrected chi connectivity index (χ0v) is 18.5. The van der Waals surface area contributed by atoms with Crippen molar-refractivity contribution in [2.24, 2.45) is 0 Å². The second-order valence-electron chi connectivity index (χ2n) is 6.41. The van der Waals surface area contributed by atoms with Crippen molar-refractivity contribution < 1.29 is 32.3 Å². The van der Waals surface area contributed by atoms with Crippen LogP contribution in [0.3, 0.4) is 0 Å². The van der Waals surface area contributed by atoms with Gasteiger partial charge < -0.3 is 15.4 Å². The highest BCUT2D eigenvalue weighted by Crippen LogP contribution is 2.33. The van der Waals surface area contributed by atoms with E-state index in [9.17, 15) is 27.6 Å². The summed E-state index contributed by atoms with van der Waals surface area (Å²) >= 11 is 9.14. The molecule has 2 aromatic carbocycles. The highest BCUT2D eigenvalue weighted by Gasteiger charge is 2.31. The molecule has 0 bridgehead atoms. The topological polar surface area (TPSA) is 84.5 Å². The van der Waals surface area contributed by atoms with Crippen molar-refractivity contribution in [1.29, 1.82) is 0 Å². The lowest BCUT2D eigenvalue weighted by molar-refractivity contribution is -0.147. The monoisotopic (exact) mass is 520 g/mol. The molecular weight excluding hydrogens is 505 g/mol. The Morgan fingerprint density at radius 1 is 1.03 bits per heavy atom. The number of hydrogen-bond donors (Lipinski definition) is 2. The van der Waals surface area contributed by atoms with Crippen LogP contribution in [0.5, 0.6) is 0 Å². The van der Waals surface area contributed by atoms with Crippen molar-refractivity contribution in [2.45, 2.75) is 25.9 Å². The fourth-order valence-corrected chi connectivity index (χ4v) is 2.77. The van der Waals surface area contributed by atoms with Crippen LogP contribution in [0.2, 0.25) is 5.02 Å². The second kappa shape index (κ2) is 10.6. The largest absolute Gasteiger partial charge is 0.456 e. The van der Waals surface area contributed by atoms with Crippen LogP contribution < -0.4 is 10.6 Å². The van der Waals surface area contributed by atoms with Gasteiger partial charge in [0.25, 0.3) is 5.91 Å². The van der Waals surface area contributed by atoms with E-state index in [1.165, 1.54) is 0 Å². The molecule has 166 valence electrons. The molecule has 2 rings (SSSR count). The molecule has 6 nitrogen and oxygen atoms in total. The number of hydrogen-bond acceptors (Lipinski definition) is 4. The Bertz CT molecular complexity index is 999. The molecule has 0 saturated heterocycles. The zero-order valence-electron chi connectivity index (χ0n) is 16.1. The lowest BCUT2D eigenvalue weighted by Gasteiger charge is -2.11. The number of carbonyl (C=O) groups excluding carboxylic acids is 3. The summed E-state index contributed by atoms with van der Waals surface area (Å²) in [6, 6.07) is 7.65. The summed E-state index contributed by atoms with van der Waals surface area (Å²) in [5, 5.41) is 4.71. The molecule has 0 saturated carbocycles. The Kier molecular flexibility index (Phi) is 8.46. The molecule has 0 spiro atoms. The summed E-state index contributed by atoms with van der Waals surface area (Å²) in [5.41, 5.74) is 0.235. The number of ether oxygens (including phenoxy) is 1. The van der Waals surface area contributed by atoms with E-state index < -0.39 is 36.1 Å². The van der Waals surface area contributed by atoms with Crippen molar-refractivity contribution in [3.05, 3.63) is 57.0 Å². The quantitative estimate of drug-likeness (QED) is 0.483. The molecule has 2 N–H and O–H groups in total. The van der Waals surface area contributed by atoms with Crippen molar-refractivity contribution in [3.63, 3.8) is 0 Å². The van der Waals surface area contributed by atoms with Crippen LogP contribution in [0.25, 0.3) is 0 Å². The van der Waals surface area contributed by atoms with E-state index in [1.807, 2.05) is 6.92 Å². The van der Waals surface area contributed by atoms with Crippen LogP contribution in [-0.4, -0.2) is 24.4 Å². The number of rotatable bonds is 7. The van der Waals surface area contributed by atoms with Gasteiger partial charge in [-0.1, -0.05) is 27.5 Å². The SMILES string of the molecule is Cc1cc(NC(=O)COC(=O)CCC(=O)Nc2cc(C(F)(F)F)ccc2Cl)ccc1Br. The molecule has 0 aliphatic rings. The molecular formula is C20H17BrClF3N2O4. The third kappa shape index (κ3) is 7.87. The molecule has 0 fully saturated rings. The maximum Gasteiger partial charge on any atom is 0.416 e. The van der Waals surface area contributed by atoms with Gasteiger partial charge in [0.15, 0.2) is 6.61 Å². The Hall–Kier alpha value is -2.59. The van der Waals surface area contributed by atoms with E-state index in [4.69, 9.17) is 16.3 Å². The summed E-state index contributed by atoms with van der Waals surface area (Å²) in [6.45, 7) is 1.30. The van der Waals surface area contributed by atoms with Gasteiger partial charge in [0.1, 0.15) is 0 Å².